The van der Waals surface area contributed by atoms with Gasteiger partial charge in [-0.3, -0.25) is 0 Å². The molecule has 0 aromatic rings. The average Bonchev–Trinajstić information content (AvgIpc) is 2.13. The van der Waals surface area contributed by atoms with Gasteiger partial charge in [0.25, 0.3) is 0 Å². The number of ether oxygens (including phenoxy) is 2. The van der Waals surface area contributed by atoms with Gasteiger partial charge in [0.1, 0.15) is 0 Å². The van der Waals surface area contributed by atoms with Crippen molar-refractivity contribution < 1.29 is 9.47 Å². The van der Waals surface area contributed by atoms with E-state index in [0.29, 0.717) is 17.3 Å². The maximum atomic E-state index is 5.40. The summed E-state index contributed by atoms with van der Waals surface area (Å²) in [4.78, 5) is 0. The van der Waals surface area contributed by atoms with E-state index in [4.69, 9.17) is 9.47 Å². The first-order valence-corrected chi connectivity index (χ1v) is 6.78. The minimum atomic E-state index is 0.353. The summed E-state index contributed by atoms with van der Waals surface area (Å²) in [6, 6.07) is 0. The van der Waals surface area contributed by atoms with Crippen molar-refractivity contribution in [2.75, 3.05) is 27.4 Å². The van der Waals surface area contributed by atoms with Crippen LogP contribution in [0, 0.1) is 23.2 Å². The third-order valence-corrected chi connectivity index (χ3v) is 3.08. The molecule has 0 spiro atoms. The van der Waals surface area contributed by atoms with Gasteiger partial charge in [-0.05, 0) is 36.0 Å². The van der Waals surface area contributed by atoms with Gasteiger partial charge in [-0.25, -0.2) is 0 Å². The van der Waals surface area contributed by atoms with E-state index in [0.717, 1.165) is 19.1 Å². The highest BCUT2D eigenvalue weighted by Gasteiger charge is 2.27. The van der Waals surface area contributed by atoms with E-state index >= 15 is 0 Å². The molecule has 0 N–H and O–H groups in total. The van der Waals surface area contributed by atoms with Gasteiger partial charge in [-0.1, -0.05) is 34.6 Å². The van der Waals surface area contributed by atoms with E-state index < -0.39 is 0 Å². The van der Waals surface area contributed by atoms with Crippen molar-refractivity contribution in [2.45, 2.75) is 47.5 Å². The first-order valence-electron chi connectivity index (χ1n) is 6.78. The molecule has 0 saturated heterocycles. The molecule has 104 valence electrons. The average molecular weight is 244 g/mol. The molecule has 0 aliphatic carbocycles. The van der Waals surface area contributed by atoms with Crippen molar-refractivity contribution in [3.63, 3.8) is 0 Å². The fourth-order valence-electron chi connectivity index (χ4n) is 2.58. The van der Waals surface area contributed by atoms with Crippen LogP contribution in [0.1, 0.15) is 47.5 Å². The highest BCUT2D eigenvalue weighted by Crippen LogP contribution is 2.32. The lowest BCUT2D eigenvalue weighted by Crippen LogP contribution is -2.29. The first kappa shape index (κ1) is 16.9. The third kappa shape index (κ3) is 8.62. The molecule has 0 saturated carbocycles. The van der Waals surface area contributed by atoms with Crippen molar-refractivity contribution in [2.24, 2.45) is 23.2 Å². The van der Waals surface area contributed by atoms with Gasteiger partial charge in [0.05, 0.1) is 0 Å². The lowest BCUT2D eigenvalue weighted by molar-refractivity contribution is 0.0407. The molecule has 2 nitrogen and oxygen atoms in total. The van der Waals surface area contributed by atoms with Crippen LogP contribution in [0.25, 0.3) is 0 Å². The molecule has 2 heteroatoms. The largest absolute Gasteiger partial charge is 0.384 e. The highest BCUT2D eigenvalue weighted by atomic mass is 16.5. The summed E-state index contributed by atoms with van der Waals surface area (Å²) < 4.78 is 10.8. The Bertz CT molecular complexity index is 182. The predicted octanol–water partition coefficient (Wildman–Crippen LogP) is 3.99. The van der Waals surface area contributed by atoms with Gasteiger partial charge in [-0.15, -0.1) is 0 Å². The maximum absolute atomic E-state index is 5.40. The molecule has 17 heavy (non-hydrogen) atoms. The molecule has 0 radical (unpaired) electrons. The van der Waals surface area contributed by atoms with Gasteiger partial charge in [0.2, 0.25) is 0 Å². The number of methoxy groups -OCH3 is 2. The standard InChI is InChI=1S/C15H32O2/c1-12(2)8-13(10-16-6)14(11-17-7)9-15(3,4)5/h12-14H,8-11H2,1-7H3. The van der Waals surface area contributed by atoms with E-state index in [1.807, 2.05) is 0 Å². The fraction of sp³-hybridized carbons (Fsp3) is 1.00. The topological polar surface area (TPSA) is 18.5 Å². The molecular weight excluding hydrogens is 212 g/mol. The van der Waals surface area contributed by atoms with Crippen molar-refractivity contribution in [1.29, 1.82) is 0 Å². The smallest absolute Gasteiger partial charge is 0.0494 e. The SMILES string of the molecule is COCC(CC(C)C)C(COC)CC(C)(C)C. The van der Waals surface area contributed by atoms with E-state index in [-0.39, 0.29) is 0 Å². The fourth-order valence-corrected chi connectivity index (χ4v) is 2.58. The first-order chi connectivity index (χ1) is 7.80. The summed E-state index contributed by atoms with van der Waals surface area (Å²) in [6.45, 7) is 13.2. The Labute approximate surface area is 108 Å². The zero-order chi connectivity index (χ0) is 13.5. The van der Waals surface area contributed by atoms with Crippen LogP contribution in [0.2, 0.25) is 0 Å². The van der Waals surface area contributed by atoms with E-state index in [9.17, 15) is 0 Å². The molecule has 0 amide bonds. The molecule has 2 unspecified atom stereocenters. The normalized spacial score (nSPS) is 16.2. The Hall–Kier alpha value is -0.0800. The van der Waals surface area contributed by atoms with E-state index in [1.54, 1.807) is 14.2 Å². The van der Waals surface area contributed by atoms with Crippen LogP contribution in [0.15, 0.2) is 0 Å². The summed E-state index contributed by atoms with van der Waals surface area (Å²) in [5.41, 5.74) is 0.353. The van der Waals surface area contributed by atoms with Crippen molar-refractivity contribution in [3.05, 3.63) is 0 Å². The van der Waals surface area contributed by atoms with Crippen molar-refractivity contribution >= 4 is 0 Å². The Balaban J connectivity index is 4.57. The van der Waals surface area contributed by atoms with Gasteiger partial charge < -0.3 is 9.47 Å². The number of hydrogen-bond acceptors (Lipinski definition) is 2. The van der Waals surface area contributed by atoms with Gasteiger partial charge >= 0.3 is 0 Å². The summed E-state index contributed by atoms with van der Waals surface area (Å²) in [7, 11) is 3.60. The van der Waals surface area contributed by atoms with Crippen LogP contribution in [0.5, 0.6) is 0 Å². The maximum Gasteiger partial charge on any atom is 0.0494 e. The Morgan fingerprint density at radius 3 is 1.71 bits per heavy atom. The second kappa shape index (κ2) is 8.10. The second-order valence-corrected chi connectivity index (χ2v) is 6.83. The van der Waals surface area contributed by atoms with Crippen LogP contribution < -0.4 is 0 Å². The molecule has 0 aliphatic rings. The predicted molar refractivity (Wildman–Crippen MR) is 74.3 cm³/mol. The Morgan fingerprint density at radius 2 is 1.35 bits per heavy atom. The molecule has 0 aromatic carbocycles. The Morgan fingerprint density at radius 1 is 0.882 bits per heavy atom. The highest BCUT2D eigenvalue weighted by molar-refractivity contribution is 4.76. The number of hydrogen-bond donors (Lipinski definition) is 0. The van der Waals surface area contributed by atoms with E-state index in [2.05, 4.69) is 34.6 Å². The van der Waals surface area contributed by atoms with Gasteiger partial charge in [0.15, 0.2) is 0 Å². The van der Waals surface area contributed by atoms with Crippen LogP contribution in [-0.4, -0.2) is 27.4 Å². The van der Waals surface area contributed by atoms with Crippen LogP contribution in [0.4, 0.5) is 0 Å². The van der Waals surface area contributed by atoms with Crippen molar-refractivity contribution in [3.8, 4) is 0 Å². The molecule has 0 heterocycles. The summed E-state index contributed by atoms with van der Waals surface area (Å²) in [5.74, 6) is 1.93. The summed E-state index contributed by atoms with van der Waals surface area (Å²) in [6.07, 6.45) is 2.42. The van der Waals surface area contributed by atoms with Gasteiger partial charge in [0, 0.05) is 27.4 Å². The third-order valence-electron chi connectivity index (χ3n) is 3.08. The molecular formula is C15H32O2. The zero-order valence-corrected chi connectivity index (χ0v) is 12.9. The molecule has 0 aromatic heterocycles. The minimum absolute atomic E-state index is 0.353. The van der Waals surface area contributed by atoms with E-state index in [1.165, 1.54) is 12.8 Å². The molecule has 0 bridgehead atoms. The minimum Gasteiger partial charge on any atom is -0.384 e. The zero-order valence-electron chi connectivity index (χ0n) is 12.9. The lowest BCUT2D eigenvalue weighted by atomic mass is 9.76. The Kier molecular flexibility index (Phi) is 8.06. The second-order valence-electron chi connectivity index (χ2n) is 6.83. The monoisotopic (exact) mass is 244 g/mol. The molecule has 2 atom stereocenters. The van der Waals surface area contributed by atoms with Crippen molar-refractivity contribution in [1.82, 2.24) is 0 Å². The van der Waals surface area contributed by atoms with Crippen LogP contribution in [0.3, 0.4) is 0 Å². The summed E-state index contributed by atoms with van der Waals surface area (Å²) in [5, 5.41) is 0. The number of rotatable bonds is 8. The quantitative estimate of drug-likeness (QED) is 0.642. The van der Waals surface area contributed by atoms with Gasteiger partial charge in [-0.2, -0.15) is 0 Å². The lowest BCUT2D eigenvalue weighted by Gasteiger charge is -2.32. The molecule has 0 aliphatic heterocycles. The molecule has 0 fully saturated rings. The molecule has 0 rings (SSSR count). The van der Waals surface area contributed by atoms with Crippen LogP contribution in [-0.2, 0) is 9.47 Å². The summed E-state index contributed by atoms with van der Waals surface area (Å²) >= 11 is 0. The van der Waals surface area contributed by atoms with Crippen LogP contribution >= 0.6 is 0 Å².